The zero-order valence-electron chi connectivity index (χ0n) is 11.6. The molecule has 0 atom stereocenters. The van der Waals surface area contributed by atoms with Gasteiger partial charge in [0, 0.05) is 11.5 Å². The molecule has 0 amide bonds. The normalized spacial score (nSPS) is 12.7. The van der Waals surface area contributed by atoms with E-state index < -0.39 is 14.6 Å². The van der Waals surface area contributed by atoms with Crippen molar-refractivity contribution in [2.75, 3.05) is 7.11 Å². The summed E-state index contributed by atoms with van der Waals surface area (Å²) in [6, 6.07) is 3.03. The van der Waals surface area contributed by atoms with E-state index >= 15 is 0 Å². The standard InChI is InChI=1S/C13H15ClN2O3S/c1-13(2,3)20(17,18)11-5-8-9(6-10(11)19-4)15-7-16-12(8)14/h5-7H,1-4H3. The highest BCUT2D eigenvalue weighted by molar-refractivity contribution is 7.92. The first-order valence-electron chi connectivity index (χ1n) is 5.91. The third kappa shape index (κ3) is 2.33. The van der Waals surface area contributed by atoms with Gasteiger partial charge in [-0.15, -0.1) is 0 Å². The Hall–Kier alpha value is -1.40. The van der Waals surface area contributed by atoms with Gasteiger partial charge in [0.25, 0.3) is 0 Å². The highest BCUT2D eigenvalue weighted by Gasteiger charge is 2.34. The maximum atomic E-state index is 12.6. The fraction of sp³-hybridized carbons (Fsp3) is 0.385. The van der Waals surface area contributed by atoms with E-state index in [-0.39, 0.29) is 15.8 Å². The molecule has 0 fully saturated rings. The van der Waals surface area contributed by atoms with Crippen molar-refractivity contribution in [2.45, 2.75) is 30.4 Å². The van der Waals surface area contributed by atoms with Crippen LogP contribution in [0.25, 0.3) is 10.9 Å². The summed E-state index contributed by atoms with van der Waals surface area (Å²) < 4.78 is 29.5. The van der Waals surface area contributed by atoms with E-state index in [2.05, 4.69) is 9.97 Å². The number of benzene rings is 1. The van der Waals surface area contributed by atoms with Crippen LogP contribution in [-0.2, 0) is 9.84 Å². The maximum absolute atomic E-state index is 12.6. The number of rotatable bonds is 2. The lowest BCUT2D eigenvalue weighted by atomic mass is 10.2. The molecule has 0 aliphatic heterocycles. The van der Waals surface area contributed by atoms with Gasteiger partial charge in [-0.2, -0.15) is 0 Å². The molecule has 0 unspecified atom stereocenters. The van der Waals surface area contributed by atoms with E-state index in [0.717, 1.165) is 0 Å². The van der Waals surface area contributed by atoms with Gasteiger partial charge in [-0.3, -0.25) is 0 Å². The second-order valence-electron chi connectivity index (χ2n) is 5.30. The number of nitrogens with zero attached hydrogens (tertiary/aromatic N) is 2. The Morgan fingerprint density at radius 2 is 1.85 bits per heavy atom. The number of methoxy groups -OCH3 is 1. The van der Waals surface area contributed by atoms with E-state index in [9.17, 15) is 8.42 Å². The molecule has 0 aliphatic carbocycles. The molecule has 1 heterocycles. The van der Waals surface area contributed by atoms with Crippen molar-refractivity contribution in [3.63, 3.8) is 0 Å². The molecule has 2 rings (SSSR count). The van der Waals surface area contributed by atoms with Crippen LogP contribution in [0.5, 0.6) is 5.75 Å². The highest BCUT2D eigenvalue weighted by Crippen LogP contribution is 2.35. The number of fused-ring (bicyclic) bond motifs is 1. The summed E-state index contributed by atoms with van der Waals surface area (Å²) in [5.41, 5.74) is 0.537. The van der Waals surface area contributed by atoms with Crippen LogP contribution in [-0.4, -0.2) is 30.2 Å². The van der Waals surface area contributed by atoms with Crippen LogP contribution < -0.4 is 4.74 Å². The Morgan fingerprint density at radius 3 is 2.40 bits per heavy atom. The molecule has 7 heteroatoms. The summed E-state index contributed by atoms with van der Waals surface area (Å²) in [5.74, 6) is 0.252. The van der Waals surface area contributed by atoms with Crippen LogP contribution in [0.4, 0.5) is 0 Å². The largest absolute Gasteiger partial charge is 0.495 e. The van der Waals surface area contributed by atoms with Gasteiger partial charge >= 0.3 is 0 Å². The van der Waals surface area contributed by atoms with Crippen LogP contribution in [0, 0.1) is 0 Å². The van der Waals surface area contributed by atoms with E-state index in [1.54, 1.807) is 26.8 Å². The van der Waals surface area contributed by atoms with Crippen molar-refractivity contribution in [3.8, 4) is 5.75 Å². The topological polar surface area (TPSA) is 69.2 Å². The van der Waals surface area contributed by atoms with Gasteiger partial charge in [0.2, 0.25) is 0 Å². The van der Waals surface area contributed by atoms with E-state index in [0.29, 0.717) is 10.9 Å². The molecule has 0 saturated heterocycles. The van der Waals surface area contributed by atoms with Crippen molar-refractivity contribution in [1.29, 1.82) is 0 Å². The first kappa shape index (κ1) is 15.0. The summed E-state index contributed by atoms with van der Waals surface area (Å²) in [5, 5.41) is 0.695. The summed E-state index contributed by atoms with van der Waals surface area (Å²) in [4.78, 5) is 8.03. The van der Waals surface area contributed by atoms with Gasteiger partial charge < -0.3 is 4.74 Å². The second-order valence-corrected chi connectivity index (χ2v) is 8.33. The monoisotopic (exact) mass is 314 g/mol. The number of sulfone groups is 1. The molecule has 0 N–H and O–H groups in total. The molecule has 108 valence electrons. The van der Waals surface area contributed by atoms with Gasteiger partial charge in [-0.05, 0) is 26.8 Å². The van der Waals surface area contributed by atoms with Gasteiger partial charge in [0.15, 0.2) is 9.84 Å². The zero-order chi connectivity index (χ0) is 15.1. The molecule has 0 aliphatic rings. The maximum Gasteiger partial charge on any atom is 0.186 e. The number of halogens is 1. The third-order valence-corrected chi connectivity index (χ3v) is 5.78. The minimum atomic E-state index is -3.57. The lowest BCUT2D eigenvalue weighted by molar-refractivity contribution is 0.402. The van der Waals surface area contributed by atoms with Gasteiger partial charge in [0.05, 0.1) is 17.4 Å². The minimum absolute atomic E-state index is 0.0942. The Balaban J connectivity index is 2.86. The smallest absolute Gasteiger partial charge is 0.186 e. The molecule has 5 nitrogen and oxygen atoms in total. The van der Waals surface area contributed by atoms with Gasteiger partial charge in [-0.1, -0.05) is 11.6 Å². The second kappa shape index (κ2) is 4.86. The van der Waals surface area contributed by atoms with Crippen molar-refractivity contribution < 1.29 is 13.2 Å². The lowest BCUT2D eigenvalue weighted by Gasteiger charge is -2.21. The van der Waals surface area contributed by atoms with E-state index in [1.165, 1.54) is 19.5 Å². The summed E-state index contributed by atoms with van der Waals surface area (Å²) >= 11 is 6.00. The lowest BCUT2D eigenvalue weighted by Crippen LogP contribution is -2.28. The van der Waals surface area contributed by atoms with Crippen LogP contribution in [0.3, 0.4) is 0 Å². The molecule has 20 heavy (non-hydrogen) atoms. The predicted molar refractivity (Wildman–Crippen MR) is 78.0 cm³/mol. The summed E-state index contributed by atoms with van der Waals surface area (Å²) in [7, 11) is -2.14. The molecular formula is C13H15ClN2O3S. The zero-order valence-corrected chi connectivity index (χ0v) is 13.2. The average molecular weight is 315 g/mol. The number of hydrogen-bond acceptors (Lipinski definition) is 5. The molecule has 1 aromatic carbocycles. The average Bonchev–Trinajstić information content (AvgIpc) is 2.36. The van der Waals surface area contributed by atoms with Crippen molar-refractivity contribution in [3.05, 3.63) is 23.6 Å². The first-order chi connectivity index (χ1) is 9.18. The predicted octanol–water partition coefficient (Wildman–Crippen LogP) is 2.86. The minimum Gasteiger partial charge on any atom is -0.495 e. The van der Waals surface area contributed by atoms with Crippen LogP contribution in [0.1, 0.15) is 20.8 Å². The summed E-state index contributed by atoms with van der Waals surface area (Å²) in [6.45, 7) is 4.90. The van der Waals surface area contributed by atoms with Crippen LogP contribution in [0.15, 0.2) is 23.4 Å². The van der Waals surface area contributed by atoms with Crippen molar-refractivity contribution in [1.82, 2.24) is 9.97 Å². The van der Waals surface area contributed by atoms with Crippen LogP contribution >= 0.6 is 11.6 Å². The number of hydrogen-bond donors (Lipinski definition) is 0. The molecule has 0 bridgehead atoms. The SMILES string of the molecule is COc1cc2ncnc(Cl)c2cc1S(=O)(=O)C(C)(C)C. The summed E-state index contributed by atoms with van der Waals surface area (Å²) in [6.07, 6.45) is 1.32. The van der Waals surface area contributed by atoms with Gasteiger partial charge in [-0.25, -0.2) is 18.4 Å². The fourth-order valence-corrected chi connectivity index (χ4v) is 3.27. The molecule has 1 aromatic heterocycles. The van der Waals surface area contributed by atoms with Crippen molar-refractivity contribution >= 4 is 32.3 Å². The van der Waals surface area contributed by atoms with Gasteiger partial charge in [0.1, 0.15) is 22.1 Å². The molecule has 2 aromatic rings. The third-order valence-electron chi connectivity index (χ3n) is 2.97. The Bertz CT molecular complexity index is 767. The Morgan fingerprint density at radius 1 is 1.20 bits per heavy atom. The number of aromatic nitrogens is 2. The highest BCUT2D eigenvalue weighted by atomic mass is 35.5. The Kier molecular flexibility index (Phi) is 3.64. The van der Waals surface area contributed by atoms with E-state index in [1.807, 2.05) is 0 Å². The quantitative estimate of drug-likeness (QED) is 0.797. The Labute approximate surface area is 122 Å². The van der Waals surface area contributed by atoms with Crippen LogP contribution in [0.2, 0.25) is 5.15 Å². The molecule has 0 spiro atoms. The first-order valence-corrected chi connectivity index (χ1v) is 7.77. The number of ether oxygens (including phenoxy) is 1. The van der Waals surface area contributed by atoms with Crippen molar-refractivity contribution in [2.24, 2.45) is 0 Å². The van der Waals surface area contributed by atoms with E-state index in [4.69, 9.17) is 16.3 Å². The molecule has 0 saturated carbocycles. The molecule has 0 radical (unpaired) electrons. The molecular weight excluding hydrogens is 300 g/mol. The fourth-order valence-electron chi connectivity index (χ4n) is 1.73.